The van der Waals surface area contributed by atoms with Gasteiger partial charge in [-0.1, -0.05) is 6.07 Å². The molecule has 1 aliphatic carbocycles. The van der Waals surface area contributed by atoms with Crippen LogP contribution in [-0.4, -0.2) is 54.8 Å². The zero-order chi connectivity index (χ0) is 28.1. The summed E-state index contributed by atoms with van der Waals surface area (Å²) in [4.78, 5) is 28.6. The number of anilines is 2. The minimum atomic E-state index is -3.53. The molecule has 0 atom stereocenters. The molecule has 2 aliphatic heterocycles. The Morgan fingerprint density at radius 2 is 1.98 bits per heavy atom. The number of aromatic nitrogens is 3. The van der Waals surface area contributed by atoms with Crippen molar-refractivity contribution in [3.05, 3.63) is 77.1 Å². The summed E-state index contributed by atoms with van der Waals surface area (Å²) in [6.07, 6.45) is 5.23. The Kier molecular flexibility index (Phi) is 6.31. The smallest absolute Gasteiger partial charge is 0.251 e. The normalized spacial score (nSPS) is 17.7. The van der Waals surface area contributed by atoms with Crippen LogP contribution in [0.15, 0.2) is 53.7 Å². The predicted molar refractivity (Wildman–Crippen MR) is 148 cm³/mol. The highest BCUT2D eigenvalue weighted by Gasteiger charge is 2.33. The first-order chi connectivity index (χ1) is 19.9. The Morgan fingerprint density at radius 3 is 2.83 bits per heavy atom. The van der Waals surface area contributed by atoms with E-state index in [0.29, 0.717) is 47.1 Å². The first-order valence-corrected chi connectivity index (χ1v) is 15.1. The van der Waals surface area contributed by atoms with E-state index in [1.807, 2.05) is 17.0 Å². The average molecular weight is 576 g/mol. The lowest BCUT2D eigenvalue weighted by molar-refractivity contribution is 0.0950. The molecule has 12 heteroatoms. The number of nitrogens with one attached hydrogen (secondary N) is 1. The quantitative estimate of drug-likeness (QED) is 0.378. The number of halogens is 1. The van der Waals surface area contributed by atoms with Gasteiger partial charge in [-0.2, -0.15) is 0 Å². The fourth-order valence-electron chi connectivity index (χ4n) is 5.18. The van der Waals surface area contributed by atoms with Gasteiger partial charge in [0.25, 0.3) is 5.91 Å². The van der Waals surface area contributed by atoms with Crippen LogP contribution in [0.5, 0.6) is 5.75 Å². The molecule has 0 unspecified atom stereocenters. The first-order valence-electron chi connectivity index (χ1n) is 13.4. The number of benzene rings is 1. The van der Waals surface area contributed by atoms with Crippen LogP contribution in [0.4, 0.5) is 15.9 Å². The number of carbonyl (C=O) groups is 1. The number of carbonyl (C=O) groups excluding carboxylic acids is 1. The van der Waals surface area contributed by atoms with Gasteiger partial charge in [0.15, 0.2) is 21.4 Å². The Hall–Kier alpha value is -4.16. The molecule has 5 heterocycles. The van der Waals surface area contributed by atoms with Gasteiger partial charge in [0.05, 0.1) is 60.1 Å². The van der Waals surface area contributed by atoms with Crippen LogP contribution < -0.4 is 15.0 Å². The maximum Gasteiger partial charge on any atom is 0.251 e. The Labute approximate surface area is 235 Å². The van der Waals surface area contributed by atoms with E-state index < -0.39 is 21.6 Å². The molecule has 1 amide bonds. The van der Waals surface area contributed by atoms with Crippen molar-refractivity contribution in [1.29, 1.82) is 0 Å². The second kappa shape index (κ2) is 10.0. The van der Waals surface area contributed by atoms with Crippen molar-refractivity contribution in [2.45, 2.75) is 36.8 Å². The Bertz CT molecular complexity index is 1810. The highest BCUT2D eigenvalue weighted by Crippen LogP contribution is 2.45. The summed E-state index contributed by atoms with van der Waals surface area (Å²) in [6, 6.07) is 10.1. The third-order valence-electron chi connectivity index (χ3n) is 7.54. The molecule has 1 fully saturated rings. The number of ether oxygens (including phenoxy) is 2. The molecule has 1 aromatic carbocycles. The van der Waals surface area contributed by atoms with Gasteiger partial charge in [-0.05, 0) is 48.7 Å². The number of amides is 1. The summed E-state index contributed by atoms with van der Waals surface area (Å²) in [5.41, 5.74) is 3.04. The molecule has 0 spiro atoms. The number of hydrogen-bond acceptors (Lipinski definition) is 9. The number of fused-ring (bicyclic) bond motifs is 3. The van der Waals surface area contributed by atoms with E-state index in [2.05, 4.69) is 15.3 Å². The maximum atomic E-state index is 15.1. The maximum absolute atomic E-state index is 15.1. The molecule has 1 saturated carbocycles. The zero-order valence-electron chi connectivity index (χ0n) is 22.0. The molecular formula is C29H26FN5O5S. The van der Waals surface area contributed by atoms with Gasteiger partial charge < -0.3 is 19.7 Å². The van der Waals surface area contributed by atoms with E-state index in [-0.39, 0.29) is 47.6 Å². The summed E-state index contributed by atoms with van der Waals surface area (Å²) in [7, 11) is -3.53. The lowest BCUT2D eigenvalue weighted by Gasteiger charge is -2.30. The fraction of sp³-hybridized carbons (Fsp3) is 0.310. The number of pyridine rings is 3. The lowest BCUT2D eigenvalue weighted by Crippen LogP contribution is -2.30. The molecule has 3 aliphatic rings. The van der Waals surface area contributed by atoms with E-state index in [1.165, 1.54) is 6.07 Å². The van der Waals surface area contributed by atoms with E-state index >= 15 is 4.39 Å². The third kappa shape index (κ3) is 4.87. The SMILES string of the molecule is O=C(NCc1cc2nc(N3CCOc4c3cnc(C3CC3)c4F)ccc2cn1)c1ccc2c(c1)S(=O)(=O)CCOC2. The Morgan fingerprint density at radius 1 is 1.10 bits per heavy atom. The van der Waals surface area contributed by atoms with E-state index in [0.717, 1.165) is 18.2 Å². The topological polar surface area (TPSA) is 124 Å². The summed E-state index contributed by atoms with van der Waals surface area (Å²) < 4.78 is 51.4. The number of nitrogens with zero attached hydrogens (tertiary/aromatic N) is 4. The summed E-state index contributed by atoms with van der Waals surface area (Å²) in [5, 5.41) is 3.62. The van der Waals surface area contributed by atoms with Gasteiger partial charge in [-0.3, -0.25) is 14.8 Å². The van der Waals surface area contributed by atoms with Gasteiger partial charge in [-0.25, -0.2) is 17.8 Å². The second-order valence-corrected chi connectivity index (χ2v) is 12.4. The monoisotopic (exact) mass is 575 g/mol. The minimum absolute atomic E-state index is 0.118. The zero-order valence-corrected chi connectivity index (χ0v) is 22.8. The van der Waals surface area contributed by atoms with E-state index in [9.17, 15) is 13.2 Å². The number of rotatable bonds is 5. The fourth-order valence-corrected chi connectivity index (χ4v) is 6.57. The van der Waals surface area contributed by atoms with Crippen molar-refractivity contribution in [2.24, 2.45) is 0 Å². The molecular weight excluding hydrogens is 549 g/mol. The highest BCUT2D eigenvalue weighted by atomic mass is 32.2. The van der Waals surface area contributed by atoms with Crippen LogP contribution in [0.25, 0.3) is 10.9 Å². The Balaban J connectivity index is 1.11. The van der Waals surface area contributed by atoms with E-state index in [4.69, 9.17) is 14.5 Å². The average Bonchev–Trinajstić information content (AvgIpc) is 3.84. The largest absolute Gasteiger partial charge is 0.486 e. The van der Waals surface area contributed by atoms with Crippen molar-refractivity contribution < 1.29 is 27.1 Å². The number of sulfone groups is 1. The van der Waals surface area contributed by atoms with Gasteiger partial charge >= 0.3 is 0 Å². The van der Waals surface area contributed by atoms with Crippen molar-refractivity contribution in [3.63, 3.8) is 0 Å². The minimum Gasteiger partial charge on any atom is -0.486 e. The second-order valence-electron chi connectivity index (χ2n) is 10.4. The van der Waals surface area contributed by atoms with Gasteiger partial charge in [0, 0.05) is 23.1 Å². The van der Waals surface area contributed by atoms with Crippen LogP contribution >= 0.6 is 0 Å². The molecule has 210 valence electrons. The van der Waals surface area contributed by atoms with E-state index in [1.54, 1.807) is 30.6 Å². The van der Waals surface area contributed by atoms with Crippen molar-refractivity contribution in [1.82, 2.24) is 20.3 Å². The molecule has 1 N–H and O–H groups in total. The molecule has 4 aromatic rings. The van der Waals surface area contributed by atoms with Gasteiger partial charge in [-0.15, -0.1) is 0 Å². The van der Waals surface area contributed by atoms with Crippen molar-refractivity contribution in [3.8, 4) is 5.75 Å². The number of hydrogen-bond donors (Lipinski definition) is 1. The van der Waals surface area contributed by atoms with Crippen LogP contribution in [0, 0.1) is 5.82 Å². The third-order valence-corrected chi connectivity index (χ3v) is 9.29. The molecule has 0 radical (unpaired) electrons. The van der Waals surface area contributed by atoms with Gasteiger partial charge in [0.2, 0.25) is 0 Å². The van der Waals surface area contributed by atoms with Gasteiger partial charge in [0.1, 0.15) is 18.1 Å². The highest BCUT2D eigenvalue weighted by molar-refractivity contribution is 7.91. The summed E-state index contributed by atoms with van der Waals surface area (Å²) in [6.45, 7) is 1.24. The molecule has 10 nitrogen and oxygen atoms in total. The molecule has 7 rings (SSSR count). The predicted octanol–water partition coefficient (Wildman–Crippen LogP) is 3.81. The molecule has 3 aromatic heterocycles. The van der Waals surface area contributed by atoms with Crippen LogP contribution in [0.1, 0.15) is 46.1 Å². The molecule has 0 saturated heterocycles. The first kappa shape index (κ1) is 25.8. The summed E-state index contributed by atoms with van der Waals surface area (Å²) in [5.74, 6) is 0.0817. The lowest BCUT2D eigenvalue weighted by atomic mass is 10.1. The summed E-state index contributed by atoms with van der Waals surface area (Å²) >= 11 is 0. The van der Waals surface area contributed by atoms with Crippen LogP contribution in [0.2, 0.25) is 0 Å². The van der Waals surface area contributed by atoms with Crippen molar-refractivity contribution in [2.75, 3.05) is 30.4 Å². The van der Waals surface area contributed by atoms with Crippen LogP contribution in [-0.2, 0) is 27.7 Å². The standard InChI is InChI=1S/C29H26FN5O5S/c30-26-27(17-1-2-17)32-15-23-28(26)40-8-7-35(23)25-6-5-19-13-31-21(12-22(19)34-25)14-33-29(36)18-3-4-20-16-39-9-10-41(37,38)24(20)11-18/h3-6,11-13,15,17H,1-2,7-10,14,16H2,(H,33,36). The van der Waals surface area contributed by atoms with Crippen LogP contribution in [0.3, 0.4) is 0 Å². The molecule has 0 bridgehead atoms. The van der Waals surface area contributed by atoms with Crippen molar-refractivity contribution >= 4 is 38.2 Å². The molecule has 41 heavy (non-hydrogen) atoms.